The number of hydrogen-bond acceptors (Lipinski definition) is 5. The Morgan fingerprint density at radius 2 is 1.83 bits per heavy atom. The monoisotopic (exact) mass is 360 g/mol. The van der Waals surface area contributed by atoms with Gasteiger partial charge in [0.15, 0.2) is 6.61 Å². The topological polar surface area (TPSA) is 64.3 Å². The van der Waals surface area contributed by atoms with E-state index in [2.05, 4.69) is 17.4 Å². The second kappa shape index (κ2) is 8.35. The number of ether oxygens (including phenoxy) is 1. The lowest BCUT2D eigenvalue weighted by atomic mass is 10.2. The Bertz CT molecular complexity index is 686. The fourth-order valence-electron chi connectivity index (χ4n) is 2.35. The van der Waals surface area contributed by atoms with Gasteiger partial charge in [-0.3, -0.25) is 4.79 Å². The van der Waals surface area contributed by atoms with Crippen molar-refractivity contribution in [3.8, 4) is 5.75 Å². The minimum Gasteiger partial charge on any atom is -0.484 e. The van der Waals surface area contributed by atoms with Crippen LogP contribution in [0.2, 0.25) is 0 Å². The first kappa shape index (κ1) is 17.0. The SMILES string of the molecule is Nc1ccccc1NC(=O)COc1ccc(C2SCCCS2)cc1. The molecular weight excluding hydrogens is 340 g/mol. The molecule has 1 saturated heterocycles. The van der Waals surface area contributed by atoms with Gasteiger partial charge in [-0.25, -0.2) is 0 Å². The Morgan fingerprint density at radius 1 is 1.12 bits per heavy atom. The molecule has 0 aromatic heterocycles. The molecule has 0 saturated carbocycles. The normalized spacial score (nSPS) is 15.0. The number of amides is 1. The van der Waals surface area contributed by atoms with Crippen molar-refractivity contribution >= 4 is 40.8 Å². The second-order valence-electron chi connectivity index (χ2n) is 5.42. The molecule has 0 spiro atoms. The molecule has 2 aromatic rings. The van der Waals surface area contributed by atoms with Crippen molar-refractivity contribution in [2.24, 2.45) is 0 Å². The fourth-order valence-corrected chi connectivity index (χ4v) is 5.24. The number of nitrogens with one attached hydrogen (secondary N) is 1. The molecule has 24 heavy (non-hydrogen) atoms. The lowest BCUT2D eigenvalue weighted by Crippen LogP contribution is -2.20. The molecule has 3 N–H and O–H groups in total. The van der Waals surface area contributed by atoms with E-state index in [1.807, 2.05) is 47.8 Å². The van der Waals surface area contributed by atoms with Gasteiger partial charge in [0.2, 0.25) is 0 Å². The predicted octanol–water partition coefficient (Wildman–Crippen LogP) is 4.16. The summed E-state index contributed by atoms with van der Waals surface area (Å²) in [5.74, 6) is 2.91. The van der Waals surface area contributed by atoms with Crippen molar-refractivity contribution < 1.29 is 9.53 Å². The van der Waals surface area contributed by atoms with Gasteiger partial charge >= 0.3 is 0 Å². The van der Waals surface area contributed by atoms with Crippen LogP contribution in [-0.4, -0.2) is 24.0 Å². The number of para-hydroxylation sites is 2. The van der Waals surface area contributed by atoms with Crippen molar-refractivity contribution in [2.75, 3.05) is 29.2 Å². The molecule has 1 aliphatic rings. The predicted molar refractivity (Wildman–Crippen MR) is 104 cm³/mol. The molecule has 0 aliphatic carbocycles. The van der Waals surface area contributed by atoms with E-state index in [1.54, 1.807) is 12.1 Å². The van der Waals surface area contributed by atoms with Crippen LogP contribution in [-0.2, 0) is 4.79 Å². The molecule has 0 atom stereocenters. The summed E-state index contributed by atoms with van der Waals surface area (Å²) in [6, 6.07) is 15.2. The molecule has 2 aromatic carbocycles. The lowest BCUT2D eigenvalue weighted by molar-refractivity contribution is -0.118. The van der Waals surface area contributed by atoms with E-state index >= 15 is 0 Å². The Balaban J connectivity index is 1.51. The number of carbonyl (C=O) groups excluding carboxylic acids is 1. The molecule has 0 unspecified atom stereocenters. The maximum Gasteiger partial charge on any atom is 0.262 e. The van der Waals surface area contributed by atoms with Gasteiger partial charge in [-0.05, 0) is 47.8 Å². The molecule has 0 bridgehead atoms. The standard InChI is InChI=1S/C18H20N2O2S2/c19-15-4-1-2-5-16(15)20-17(21)12-22-14-8-6-13(7-9-14)18-23-10-3-11-24-18/h1-2,4-9,18H,3,10-12,19H2,(H,20,21). The molecular formula is C18H20N2O2S2. The number of rotatable bonds is 5. The Kier molecular flexibility index (Phi) is 5.93. The lowest BCUT2D eigenvalue weighted by Gasteiger charge is -2.21. The first-order chi connectivity index (χ1) is 11.7. The zero-order valence-corrected chi connectivity index (χ0v) is 14.9. The van der Waals surface area contributed by atoms with Gasteiger partial charge in [0, 0.05) is 0 Å². The second-order valence-corrected chi connectivity index (χ2v) is 8.14. The van der Waals surface area contributed by atoms with Gasteiger partial charge in [-0.2, -0.15) is 0 Å². The summed E-state index contributed by atoms with van der Waals surface area (Å²) in [6.07, 6.45) is 1.29. The number of nitrogens with two attached hydrogens (primary N) is 1. The van der Waals surface area contributed by atoms with Crippen molar-refractivity contribution in [1.82, 2.24) is 0 Å². The minimum atomic E-state index is -0.227. The van der Waals surface area contributed by atoms with Crippen LogP contribution in [0.5, 0.6) is 5.75 Å². The maximum atomic E-state index is 12.0. The van der Waals surface area contributed by atoms with Gasteiger partial charge in [0.1, 0.15) is 5.75 Å². The molecule has 4 nitrogen and oxygen atoms in total. The Labute approximate surface area is 150 Å². The van der Waals surface area contributed by atoms with E-state index in [9.17, 15) is 4.79 Å². The number of anilines is 2. The number of benzene rings is 2. The molecule has 6 heteroatoms. The summed E-state index contributed by atoms with van der Waals surface area (Å²) < 4.78 is 6.07. The number of carbonyl (C=O) groups is 1. The van der Waals surface area contributed by atoms with Crippen LogP contribution in [0, 0.1) is 0 Å². The third kappa shape index (κ3) is 4.61. The maximum absolute atomic E-state index is 12.0. The third-order valence-electron chi connectivity index (χ3n) is 3.58. The van der Waals surface area contributed by atoms with Crippen molar-refractivity contribution in [3.63, 3.8) is 0 Å². The molecule has 1 amide bonds. The number of thioether (sulfide) groups is 2. The van der Waals surface area contributed by atoms with Gasteiger partial charge in [0.25, 0.3) is 5.91 Å². The van der Waals surface area contributed by atoms with E-state index in [0.29, 0.717) is 21.7 Å². The van der Waals surface area contributed by atoms with Crippen LogP contribution >= 0.6 is 23.5 Å². The summed E-state index contributed by atoms with van der Waals surface area (Å²) in [5, 5.41) is 2.75. The average Bonchev–Trinajstić information content (AvgIpc) is 2.63. The third-order valence-corrected chi connectivity index (χ3v) is 6.60. The van der Waals surface area contributed by atoms with E-state index in [0.717, 1.165) is 0 Å². The summed E-state index contributed by atoms with van der Waals surface area (Å²) >= 11 is 3.98. The van der Waals surface area contributed by atoms with E-state index < -0.39 is 0 Å². The summed E-state index contributed by atoms with van der Waals surface area (Å²) in [5.41, 5.74) is 8.25. The molecule has 1 fully saturated rings. The average molecular weight is 361 g/mol. The molecule has 126 valence electrons. The minimum absolute atomic E-state index is 0.0411. The Hall–Kier alpha value is -1.79. The van der Waals surface area contributed by atoms with Crippen molar-refractivity contribution in [1.29, 1.82) is 0 Å². The van der Waals surface area contributed by atoms with E-state index in [4.69, 9.17) is 10.5 Å². The van der Waals surface area contributed by atoms with Crippen LogP contribution in [0.15, 0.2) is 48.5 Å². The first-order valence-corrected chi connectivity index (χ1v) is 9.92. The summed E-state index contributed by atoms with van der Waals surface area (Å²) in [7, 11) is 0. The highest BCUT2D eigenvalue weighted by Crippen LogP contribution is 2.43. The molecule has 1 heterocycles. The van der Waals surface area contributed by atoms with Gasteiger partial charge < -0.3 is 15.8 Å². The summed E-state index contributed by atoms with van der Waals surface area (Å²) in [6.45, 7) is -0.0411. The highest BCUT2D eigenvalue weighted by molar-refractivity contribution is 8.16. The highest BCUT2D eigenvalue weighted by atomic mass is 32.2. The van der Waals surface area contributed by atoms with Gasteiger partial charge in [-0.15, -0.1) is 23.5 Å². The van der Waals surface area contributed by atoms with Gasteiger partial charge in [0.05, 0.1) is 16.0 Å². The molecule has 1 aliphatic heterocycles. The fraction of sp³-hybridized carbons (Fsp3) is 0.278. The van der Waals surface area contributed by atoms with Crippen LogP contribution in [0.1, 0.15) is 16.6 Å². The summed E-state index contributed by atoms with van der Waals surface area (Å²) in [4.78, 5) is 12.0. The highest BCUT2D eigenvalue weighted by Gasteiger charge is 2.16. The largest absolute Gasteiger partial charge is 0.484 e. The molecule has 0 radical (unpaired) electrons. The Morgan fingerprint density at radius 3 is 2.54 bits per heavy atom. The number of nitrogen functional groups attached to an aromatic ring is 1. The number of hydrogen-bond donors (Lipinski definition) is 2. The van der Waals surface area contributed by atoms with E-state index in [1.165, 1.54) is 23.5 Å². The van der Waals surface area contributed by atoms with Crippen LogP contribution < -0.4 is 15.8 Å². The van der Waals surface area contributed by atoms with Crippen molar-refractivity contribution in [3.05, 3.63) is 54.1 Å². The smallest absolute Gasteiger partial charge is 0.262 e. The van der Waals surface area contributed by atoms with Gasteiger partial charge in [-0.1, -0.05) is 24.3 Å². The van der Waals surface area contributed by atoms with Crippen LogP contribution in [0.4, 0.5) is 11.4 Å². The quantitative estimate of drug-likeness (QED) is 0.784. The zero-order chi connectivity index (χ0) is 16.8. The van der Waals surface area contributed by atoms with E-state index in [-0.39, 0.29) is 12.5 Å². The molecule has 3 rings (SSSR count). The first-order valence-electron chi connectivity index (χ1n) is 7.83. The zero-order valence-electron chi connectivity index (χ0n) is 13.2. The van der Waals surface area contributed by atoms with Crippen molar-refractivity contribution in [2.45, 2.75) is 11.0 Å². The van der Waals surface area contributed by atoms with Crippen LogP contribution in [0.3, 0.4) is 0 Å². The van der Waals surface area contributed by atoms with Crippen LogP contribution in [0.25, 0.3) is 0 Å².